The van der Waals surface area contributed by atoms with E-state index in [4.69, 9.17) is 25.8 Å². The third-order valence-corrected chi connectivity index (χ3v) is 9.57. The van der Waals surface area contributed by atoms with Crippen molar-refractivity contribution in [2.24, 2.45) is 0 Å². The minimum absolute atomic E-state index is 0.00289. The van der Waals surface area contributed by atoms with E-state index >= 15 is 0 Å². The summed E-state index contributed by atoms with van der Waals surface area (Å²) in [6, 6.07) is 20.6. The van der Waals surface area contributed by atoms with Gasteiger partial charge in [-0.1, -0.05) is 41.9 Å². The predicted molar refractivity (Wildman–Crippen MR) is 198 cm³/mol. The van der Waals surface area contributed by atoms with Gasteiger partial charge < -0.3 is 34.4 Å². The molecule has 2 atom stereocenters. The minimum atomic E-state index is -1.61. The van der Waals surface area contributed by atoms with Gasteiger partial charge in [0, 0.05) is 61.3 Å². The molecule has 13 heteroatoms. The standard InChI is InChI=1S/C40H42ClN5O7/c1-26-29(6-3-7-32(26)33-8-4-9-36(34(33)18-43)51-13-5-11-46-12-10-31(48)22-46)24-53-38-16-37(52-23-28-14-27(17-42)19-44-20-28)30(15-35(38)41)21-45-40(2,25-47)39(49)50/h3-4,6-9,14-16,19-20,31,45,47-48H,5,10-13,21-25H2,1-2H3,(H,49,50)/t31-,40+/m1/s1. The van der Waals surface area contributed by atoms with Crippen molar-refractivity contribution >= 4 is 17.6 Å². The molecule has 0 bridgehead atoms. The Bertz CT molecular complexity index is 2010. The average Bonchev–Trinajstić information content (AvgIpc) is 3.59. The van der Waals surface area contributed by atoms with Crippen LogP contribution in [0.5, 0.6) is 17.2 Å². The first-order chi connectivity index (χ1) is 25.5. The molecular formula is C40H42ClN5O7. The van der Waals surface area contributed by atoms with Gasteiger partial charge in [0.2, 0.25) is 0 Å². The highest BCUT2D eigenvalue weighted by Gasteiger charge is 2.32. The zero-order valence-electron chi connectivity index (χ0n) is 29.6. The fourth-order valence-corrected chi connectivity index (χ4v) is 6.24. The summed E-state index contributed by atoms with van der Waals surface area (Å²) in [5.74, 6) is -0.0382. The van der Waals surface area contributed by atoms with Gasteiger partial charge in [-0.2, -0.15) is 10.5 Å². The Morgan fingerprint density at radius 3 is 2.51 bits per heavy atom. The third kappa shape index (κ3) is 9.82. The number of carboxylic acid groups (broad SMARTS) is 1. The van der Waals surface area contributed by atoms with E-state index in [1.54, 1.807) is 30.5 Å². The zero-order chi connectivity index (χ0) is 38.0. The number of rotatable bonds is 17. The van der Waals surface area contributed by atoms with E-state index in [2.05, 4.69) is 27.3 Å². The van der Waals surface area contributed by atoms with Crippen LogP contribution in [0.3, 0.4) is 0 Å². The Kier molecular flexibility index (Phi) is 13.3. The lowest BCUT2D eigenvalue weighted by molar-refractivity contribution is -0.145. The molecule has 0 aliphatic carbocycles. The summed E-state index contributed by atoms with van der Waals surface area (Å²) in [5.41, 5.74) is 3.73. The molecule has 1 aromatic heterocycles. The molecular weight excluding hydrogens is 698 g/mol. The molecule has 12 nitrogen and oxygen atoms in total. The molecule has 4 aromatic rings. The van der Waals surface area contributed by atoms with Crippen molar-refractivity contribution in [2.75, 3.05) is 32.8 Å². The minimum Gasteiger partial charge on any atom is -0.492 e. The molecule has 0 saturated carbocycles. The zero-order valence-corrected chi connectivity index (χ0v) is 30.4. The molecule has 0 radical (unpaired) electrons. The summed E-state index contributed by atoms with van der Waals surface area (Å²) in [7, 11) is 0. The van der Waals surface area contributed by atoms with E-state index in [1.165, 1.54) is 13.1 Å². The van der Waals surface area contributed by atoms with Crippen molar-refractivity contribution < 1.29 is 34.3 Å². The van der Waals surface area contributed by atoms with Crippen LogP contribution in [0.2, 0.25) is 5.02 Å². The molecule has 1 aliphatic rings. The summed E-state index contributed by atoms with van der Waals surface area (Å²) in [6.45, 7) is 5.70. The number of halogens is 1. The Balaban J connectivity index is 1.34. The maximum Gasteiger partial charge on any atom is 0.326 e. The van der Waals surface area contributed by atoms with Crippen LogP contribution in [-0.4, -0.2) is 75.7 Å². The van der Waals surface area contributed by atoms with Crippen LogP contribution in [0.25, 0.3) is 11.1 Å². The quantitative estimate of drug-likeness (QED) is 0.102. The van der Waals surface area contributed by atoms with Crippen molar-refractivity contribution in [3.63, 3.8) is 0 Å². The number of benzene rings is 3. The summed E-state index contributed by atoms with van der Waals surface area (Å²) < 4.78 is 18.5. The van der Waals surface area contributed by atoms with Crippen molar-refractivity contribution in [3.05, 3.63) is 105 Å². The van der Waals surface area contributed by atoms with Crippen LogP contribution >= 0.6 is 11.6 Å². The Labute approximate surface area is 313 Å². The van der Waals surface area contributed by atoms with Gasteiger partial charge in [0.05, 0.1) is 29.9 Å². The normalized spacial score (nSPS) is 15.3. The van der Waals surface area contributed by atoms with Crippen LogP contribution in [0.4, 0.5) is 0 Å². The van der Waals surface area contributed by atoms with Crippen LogP contribution in [0.15, 0.2) is 67.0 Å². The number of aliphatic hydroxyl groups excluding tert-OH is 2. The summed E-state index contributed by atoms with van der Waals surface area (Å²) in [4.78, 5) is 18.1. The lowest BCUT2D eigenvalue weighted by Gasteiger charge is -2.25. The monoisotopic (exact) mass is 739 g/mol. The topological polar surface area (TPSA) is 181 Å². The smallest absolute Gasteiger partial charge is 0.326 e. The SMILES string of the molecule is Cc1c(COc2cc(OCc3cncc(C#N)c3)c(CN[C@@](C)(CO)C(=O)O)cc2Cl)cccc1-c1cccc(OCCCN2CC[C@@H](O)C2)c1C#N. The second-order valence-corrected chi connectivity index (χ2v) is 13.5. The number of aliphatic carboxylic acids is 1. The van der Waals surface area contributed by atoms with Crippen LogP contribution < -0.4 is 19.5 Å². The number of hydrogen-bond donors (Lipinski definition) is 4. The summed E-state index contributed by atoms with van der Waals surface area (Å²) >= 11 is 6.71. The van der Waals surface area contributed by atoms with Gasteiger partial charge in [0.1, 0.15) is 53.7 Å². The fourth-order valence-electron chi connectivity index (χ4n) is 6.00. The van der Waals surface area contributed by atoms with E-state index in [9.17, 15) is 30.6 Å². The van der Waals surface area contributed by atoms with Crippen molar-refractivity contribution in [1.82, 2.24) is 15.2 Å². The molecule has 2 heterocycles. The largest absolute Gasteiger partial charge is 0.492 e. The number of carbonyl (C=O) groups is 1. The van der Waals surface area contributed by atoms with Gasteiger partial charge in [-0.15, -0.1) is 0 Å². The van der Waals surface area contributed by atoms with E-state index < -0.39 is 18.1 Å². The van der Waals surface area contributed by atoms with Gasteiger partial charge in [-0.25, -0.2) is 0 Å². The second-order valence-electron chi connectivity index (χ2n) is 13.1. The predicted octanol–water partition coefficient (Wildman–Crippen LogP) is 5.37. The number of aromatic nitrogens is 1. The fraction of sp³-hybridized carbons (Fsp3) is 0.350. The number of β-amino-alcohol motifs (C(OH)–C–C–N with tert-alkyl or cyclic N) is 1. The summed E-state index contributed by atoms with van der Waals surface area (Å²) in [5, 5.41) is 51.8. The number of aliphatic hydroxyl groups is 2. The first-order valence-corrected chi connectivity index (χ1v) is 17.6. The van der Waals surface area contributed by atoms with E-state index in [0.29, 0.717) is 52.7 Å². The van der Waals surface area contributed by atoms with Gasteiger partial charge >= 0.3 is 5.97 Å². The number of pyridine rings is 1. The highest BCUT2D eigenvalue weighted by Crippen LogP contribution is 2.36. The van der Waals surface area contributed by atoms with E-state index in [0.717, 1.165) is 48.2 Å². The number of likely N-dealkylation sites (tertiary alicyclic amines) is 1. The lowest BCUT2D eigenvalue weighted by Crippen LogP contribution is -2.52. The van der Waals surface area contributed by atoms with Gasteiger partial charge in [-0.3, -0.25) is 15.1 Å². The maximum absolute atomic E-state index is 11.8. The van der Waals surface area contributed by atoms with Crippen molar-refractivity contribution in [1.29, 1.82) is 10.5 Å². The van der Waals surface area contributed by atoms with Crippen molar-refractivity contribution in [3.8, 4) is 40.5 Å². The first kappa shape index (κ1) is 39.0. The molecule has 1 saturated heterocycles. The molecule has 0 unspecified atom stereocenters. The van der Waals surface area contributed by atoms with Gasteiger partial charge in [0.25, 0.3) is 0 Å². The number of nitrogens with zero attached hydrogens (tertiary/aromatic N) is 4. The Morgan fingerprint density at radius 2 is 1.79 bits per heavy atom. The highest BCUT2D eigenvalue weighted by molar-refractivity contribution is 6.32. The number of hydrogen-bond acceptors (Lipinski definition) is 11. The Morgan fingerprint density at radius 1 is 1.02 bits per heavy atom. The lowest BCUT2D eigenvalue weighted by atomic mass is 9.93. The Hall–Kier alpha value is -5.21. The third-order valence-electron chi connectivity index (χ3n) is 9.27. The molecule has 0 amide bonds. The number of carboxylic acids is 1. The first-order valence-electron chi connectivity index (χ1n) is 17.2. The molecule has 1 fully saturated rings. The maximum atomic E-state index is 11.8. The summed E-state index contributed by atoms with van der Waals surface area (Å²) in [6.07, 6.45) is 4.33. The number of ether oxygens (including phenoxy) is 3. The van der Waals surface area contributed by atoms with E-state index in [-0.39, 0.29) is 30.9 Å². The number of nitriles is 2. The molecule has 1 aliphatic heterocycles. The second kappa shape index (κ2) is 18.0. The van der Waals surface area contributed by atoms with Gasteiger partial charge in [0.15, 0.2) is 0 Å². The highest BCUT2D eigenvalue weighted by atomic mass is 35.5. The molecule has 0 spiro atoms. The molecule has 4 N–H and O–H groups in total. The van der Waals surface area contributed by atoms with E-state index in [1.807, 2.05) is 37.3 Å². The van der Waals surface area contributed by atoms with Crippen LogP contribution in [0.1, 0.15) is 53.1 Å². The van der Waals surface area contributed by atoms with Crippen molar-refractivity contribution in [2.45, 2.75) is 58.1 Å². The van der Waals surface area contributed by atoms with Crippen LogP contribution in [-0.2, 0) is 24.6 Å². The number of nitrogens with one attached hydrogen (secondary N) is 1. The molecule has 53 heavy (non-hydrogen) atoms. The molecule has 5 rings (SSSR count). The van der Waals surface area contributed by atoms with Crippen LogP contribution in [0, 0.1) is 29.6 Å². The molecule has 3 aromatic carbocycles. The molecule has 276 valence electrons. The average molecular weight is 740 g/mol. The van der Waals surface area contributed by atoms with Gasteiger partial charge in [-0.05, 0) is 61.6 Å².